The molecule has 0 aliphatic heterocycles. The number of hydrogen-bond donors (Lipinski definition) is 4. The molecule has 0 fully saturated rings. The number of rotatable bonds is 7. The van der Waals surface area contributed by atoms with E-state index < -0.39 is 6.29 Å². The van der Waals surface area contributed by atoms with Crippen LogP contribution in [0.5, 0.6) is 0 Å². The summed E-state index contributed by atoms with van der Waals surface area (Å²) in [5.74, 6) is 0. The molecule has 6 N–H and O–H groups in total. The van der Waals surface area contributed by atoms with Gasteiger partial charge in [-0.1, -0.05) is 9.24 Å². The summed E-state index contributed by atoms with van der Waals surface area (Å²) in [7, 11) is 3.95. The van der Waals surface area contributed by atoms with Gasteiger partial charge in [0.2, 0.25) is 0 Å². The average Bonchev–Trinajstić information content (AvgIpc) is 2.03. The zero-order valence-corrected chi connectivity index (χ0v) is 9.07. The van der Waals surface area contributed by atoms with E-state index >= 15 is 0 Å². The molecular formula is C7H19N4OP. The topological polar surface area (TPSA) is 93.2 Å². The Bertz CT molecular complexity index is 153. The van der Waals surface area contributed by atoms with E-state index in [1.807, 2.05) is 0 Å². The molecule has 78 valence electrons. The molecule has 0 aliphatic carbocycles. The van der Waals surface area contributed by atoms with E-state index in [-0.39, 0.29) is 11.6 Å². The normalized spacial score (nSPS) is 13.3. The fraction of sp³-hybridized carbons (Fsp3) is 0.857. The molecule has 0 heterocycles. The van der Waals surface area contributed by atoms with Crippen LogP contribution in [-0.2, 0) is 4.79 Å². The zero-order valence-electron chi connectivity index (χ0n) is 7.92. The average molecular weight is 206 g/mol. The molecule has 0 amide bonds. The molecule has 0 radical (unpaired) electrons. The van der Waals surface area contributed by atoms with Gasteiger partial charge in [0.05, 0.1) is 6.04 Å². The molecule has 2 atom stereocenters. The molecule has 1 unspecified atom stereocenters. The Morgan fingerprint density at radius 2 is 2.15 bits per heavy atom. The number of nitrogens with one attached hydrogen (secondary N) is 2. The molecule has 0 bridgehead atoms. The number of carbonyl (C=O) groups is 1. The molecule has 13 heavy (non-hydrogen) atoms. The van der Waals surface area contributed by atoms with Gasteiger partial charge in [0, 0.05) is 0 Å². The summed E-state index contributed by atoms with van der Waals surface area (Å²) in [6.45, 7) is 0.730. The molecule has 0 saturated carbocycles. The lowest BCUT2D eigenvalue weighted by atomic mass is 10.2. The van der Waals surface area contributed by atoms with Crippen LogP contribution in [0.25, 0.3) is 0 Å². The van der Waals surface area contributed by atoms with Crippen molar-refractivity contribution in [2.45, 2.75) is 25.2 Å². The summed E-state index contributed by atoms with van der Waals surface area (Å²) in [5.41, 5.74) is 10.6. The van der Waals surface area contributed by atoms with Crippen LogP contribution >= 0.6 is 9.24 Å². The summed E-state index contributed by atoms with van der Waals surface area (Å²) >= 11 is 0. The minimum Gasteiger partial charge on any atom is -0.310 e. The van der Waals surface area contributed by atoms with Gasteiger partial charge < -0.3 is 16.8 Å². The highest BCUT2D eigenvalue weighted by Gasteiger charge is 2.10. The largest absolute Gasteiger partial charge is 0.310 e. The SMILES string of the molecule is CN[C@@H](CCCNC(N)N)C(=O)P. The fourth-order valence-electron chi connectivity index (χ4n) is 1.00. The van der Waals surface area contributed by atoms with Crippen molar-refractivity contribution in [3.05, 3.63) is 0 Å². The molecule has 5 nitrogen and oxygen atoms in total. The number of likely N-dealkylation sites (N-methyl/N-ethyl adjacent to an activating group) is 1. The van der Waals surface area contributed by atoms with Gasteiger partial charge in [0.25, 0.3) is 0 Å². The van der Waals surface area contributed by atoms with Crippen molar-refractivity contribution in [3.8, 4) is 0 Å². The second-order valence-electron chi connectivity index (χ2n) is 2.87. The van der Waals surface area contributed by atoms with E-state index in [1.165, 1.54) is 0 Å². The van der Waals surface area contributed by atoms with E-state index in [0.29, 0.717) is 0 Å². The monoisotopic (exact) mass is 206 g/mol. The second-order valence-corrected chi connectivity index (χ2v) is 3.43. The Labute approximate surface area is 81.2 Å². The van der Waals surface area contributed by atoms with Crippen LogP contribution in [0.15, 0.2) is 0 Å². The third kappa shape index (κ3) is 7.05. The smallest absolute Gasteiger partial charge is 0.165 e. The lowest BCUT2D eigenvalue weighted by Gasteiger charge is -2.13. The van der Waals surface area contributed by atoms with Gasteiger partial charge in [-0.05, 0) is 26.4 Å². The van der Waals surface area contributed by atoms with Crippen molar-refractivity contribution in [2.24, 2.45) is 11.5 Å². The third-order valence-electron chi connectivity index (χ3n) is 1.74. The Balaban J connectivity index is 3.44. The van der Waals surface area contributed by atoms with Crippen molar-refractivity contribution in [2.75, 3.05) is 13.6 Å². The Morgan fingerprint density at radius 1 is 1.54 bits per heavy atom. The predicted octanol–water partition coefficient (Wildman–Crippen LogP) is -1.45. The molecule has 0 aromatic carbocycles. The van der Waals surface area contributed by atoms with E-state index in [0.717, 1.165) is 19.4 Å². The standard InChI is InChI=1S/C7H19N4OP/c1-10-5(6(12)13)3-2-4-11-7(8)9/h5,7,10-11H,2-4,8-9,13H2,1H3/t5-/m0/s1. The van der Waals surface area contributed by atoms with Crippen LogP contribution in [0, 0.1) is 0 Å². The highest BCUT2D eigenvalue weighted by molar-refractivity contribution is 7.40. The van der Waals surface area contributed by atoms with Crippen LogP contribution in [0.3, 0.4) is 0 Å². The number of carbonyl (C=O) groups excluding carboxylic acids is 1. The maximum Gasteiger partial charge on any atom is 0.165 e. The lowest BCUT2D eigenvalue weighted by Crippen LogP contribution is -2.45. The summed E-state index contributed by atoms with van der Waals surface area (Å²) in [6.07, 6.45) is 1.19. The Hall–Kier alpha value is -0.0600. The first-order valence-electron chi connectivity index (χ1n) is 4.29. The van der Waals surface area contributed by atoms with Crippen LogP contribution in [0.2, 0.25) is 0 Å². The van der Waals surface area contributed by atoms with E-state index in [4.69, 9.17) is 11.5 Å². The van der Waals surface area contributed by atoms with Crippen molar-refractivity contribution >= 4 is 14.8 Å². The highest BCUT2D eigenvalue weighted by Crippen LogP contribution is 2.01. The maximum absolute atomic E-state index is 10.9. The number of hydrogen-bond acceptors (Lipinski definition) is 5. The van der Waals surface area contributed by atoms with E-state index in [1.54, 1.807) is 7.05 Å². The van der Waals surface area contributed by atoms with Crippen LogP contribution in [-0.4, -0.2) is 31.4 Å². The minimum absolute atomic E-state index is 0.0826. The van der Waals surface area contributed by atoms with Crippen LogP contribution < -0.4 is 22.1 Å². The zero-order chi connectivity index (χ0) is 10.3. The molecule has 0 aromatic rings. The molecule has 0 rings (SSSR count). The summed E-state index contributed by atoms with van der Waals surface area (Å²) < 4.78 is 0. The minimum atomic E-state index is -0.472. The van der Waals surface area contributed by atoms with Crippen molar-refractivity contribution in [3.63, 3.8) is 0 Å². The van der Waals surface area contributed by atoms with E-state index in [2.05, 4.69) is 19.9 Å². The second kappa shape index (κ2) is 7.35. The van der Waals surface area contributed by atoms with Crippen molar-refractivity contribution < 1.29 is 4.79 Å². The molecule has 6 heteroatoms. The van der Waals surface area contributed by atoms with Crippen molar-refractivity contribution in [1.29, 1.82) is 0 Å². The molecule has 0 spiro atoms. The third-order valence-corrected chi connectivity index (χ3v) is 2.14. The summed E-state index contributed by atoms with van der Waals surface area (Å²) in [6, 6.07) is -0.0826. The van der Waals surface area contributed by atoms with E-state index in [9.17, 15) is 4.79 Å². The van der Waals surface area contributed by atoms with Gasteiger partial charge in [-0.25, -0.2) is 0 Å². The van der Waals surface area contributed by atoms with Gasteiger partial charge in [0.1, 0.15) is 6.29 Å². The first-order chi connectivity index (χ1) is 6.07. The lowest BCUT2D eigenvalue weighted by molar-refractivity contribution is -0.112. The van der Waals surface area contributed by atoms with Gasteiger partial charge >= 0.3 is 0 Å². The van der Waals surface area contributed by atoms with Gasteiger partial charge in [-0.2, -0.15) is 0 Å². The first-order valence-corrected chi connectivity index (χ1v) is 4.86. The van der Waals surface area contributed by atoms with Gasteiger partial charge in [-0.3, -0.25) is 10.1 Å². The number of nitrogens with two attached hydrogens (primary N) is 2. The molecular weight excluding hydrogens is 187 g/mol. The molecule has 0 saturated heterocycles. The van der Waals surface area contributed by atoms with Crippen molar-refractivity contribution in [1.82, 2.24) is 10.6 Å². The predicted molar refractivity (Wildman–Crippen MR) is 57.0 cm³/mol. The van der Waals surface area contributed by atoms with Crippen LogP contribution in [0.1, 0.15) is 12.8 Å². The fourth-order valence-corrected chi connectivity index (χ4v) is 1.34. The van der Waals surface area contributed by atoms with Crippen LogP contribution in [0.4, 0.5) is 0 Å². The van der Waals surface area contributed by atoms with Gasteiger partial charge in [-0.15, -0.1) is 0 Å². The molecule has 0 aliphatic rings. The Kier molecular flexibility index (Phi) is 7.32. The molecule has 0 aromatic heterocycles. The maximum atomic E-state index is 10.9. The first kappa shape index (κ1) is 12.9. The van der Waals surface area contributed by atoms with Gasteiger partial charge in [0.15, 0.2) is 5.52 Å². The Morgan fingerprint density at radius 3 is 2.54 bits per heavy atom. The summed E-state index contributed by atoms with van der Waals surface area (Å²) in [4.78, 5) is 10.9. The highest BCUT2D eigenvalue weighted by atomic mass is 31.0. The summed E-state index contributed by atoms with van der Waals surface area (Å²) in [5, 5.41) is 5.80. The quantitative estimate of drug-likeness (QED) is 0.232.